The fourth-order valence-corrected chi connectivity index (χ4v) is 1.40. The van der Waals surface area contributed by atoms with Crippen molar-refractivity contribution in [1.29, 1.82) is 0 Å². The summed E-state index contributed by atoms with van der Waals surface area (Å²) in [4.78, 5) is 11.8. The van der Waals surface area contributed by atoms with Crippen LogP contribution in [-0.4, -0.2) is 12.5 Å². The topological polar surface area (TPSA) is 55.1 Å². The fraction of sp³-hybridized carbons (Fsp3) is 0.308. The molecule has 0 unspecified atom stereocenters. The van der Waals surface area contributed by atoms with Crippen molar-refractivity contribution in [2.75, 3.05) is 12.3 Å². The number of benzene rings is 1. The van der Waals surface area contributed by atoms with Crippen LogP contribution >= 0.6 is 0 Å². The molecular weight excluding hydrogens is 200 g/mol. The molecule has 1 aromatic carbocycles. The van der Waals surface area contributed by atoms with Crippen LogP contribution in [0.3, 0.4) is 0 Å². The molecule has 0 atom stereocenters. The Morgan fingerprint density at radius 2 is 2.25 bits per heavy atom. The van der Waals surface area contributed by atoms with Crippen LogP contribution in [0.4, 0.5) is 5.69 Å². The van der Waals surface area contributed by atoms with Crippen molar-refractivity contribution in [3.8, 4) is 0 Å². The van der Waals surface area contributed by atoms with Crippen LogP contribution in [0.15, 0.2) is 30.4 Å². The second-order valence-electron chi connectivity index (χ2n) is 3.70. The van der Waals surface area contributed by atoms with Gasteiger partial charge in [0.25, 0.3) is 5.91 Å². The van der Waals surface area contributed by atoms with Gasteiger partial charge in [-0.2, -0.15) is 0 Å². The summed E-state index contributed by atoms with van der Waals surface area (Å²) in [6.45, 7) is 4.53. The molecule has 1 amide bonds. The molecule has 0 aliphatic carbocycles. The summed E-state index contributed by atoms with van der Waals surface area (Å²) in [5, 5.41) is 2.83. The molecule has 1 aromatic rings. The molecule has 16 heavy (non-hydrogen) atoms. The summed E-state index contributed by atoms with van der Waals surface area (Å²) in [5.74, 6) is -0.106. The summed E-state index contributed by atoms with van der Waals surface area (Å²) in [6, 6.07) is 5.46. The highest BCUT2D eigenvalue weighted by Crippen LogP contribution is 2.13. The van der Waals surface area contributed by atoms with Gasteiger partial charge in [0.15, 0.2) is 0 Å². The van der Waals surface area contributed by atoms with E-state index in [4.69, 9.17) is 5.73 Å². The van der Waals surface area contributed by atoms with Gasteiger partial charge < -0.3 is 11.1 Å². The average Bonchev–Trinajstić information content (AvgIpc) is 2.27. The number of nitrogens with two attached hydrogens (primary N) is 1. The molecule has 0 aliphatic rings. The third-order valence-corrected chi connectivity index (χ3v) is 2.29. The minimum Gasteiger partial charge on any atom is -0.398 e. The molecule has 0 heterocycles. The van der Waals surface area contributed by atoms with Crippen LogP contribution in [0.25, 0.3) is 0 Å². The maximum atomic E-state index is 11.8. The Hall–Kier alpha value is -1.77. The van der Waals surface area contributed by atoms with E-state index in [-0.39, 0.29) is 5.91 Å². The summed E-state index contributed by atoms with van der Waals surface area (Å²) in [5.41, 5.74) is 7.86. The third-order valence-electron chi connectivity index (χ3n) is 2.29. The molecule has 86 valence electrons. The molecule has 0 spiro atoms. The molecule has 0 saturated carbocycles. The lowest BCUT2D eigenvalue weighted by molar-refractivity contribution is 0.0955. The lowest BCUT2D eigenvalue weighted by Crippen LogP contribution is -2.25. The summed E-state index contributed by atoms with van der Waals surface area (Å²) in [6.07, 6.45) is 4.82. The summed E-state index contributed by atoms with van der Waals surface area (Å²) < 4.78 is 0. The molecule has 0 aromatic heterocycles. The third kappa shape index (κ3) is 3.42. The van der Waals surface area contributed by atoms with Crippen molar-refractivity contribution in [2.45, 2.75) is 20.3 Å². The van der Waals surface area contributed by atoms with Crippen LogP contribution in [0.2, 0.25) is 0 Å². The number of hydrogen-bond acceptors (Lipinski definition) is 2. The van der Waals surface area contributed by atoms with Gasteiger partial charge in [-0.25, -0.2) is 0 Å². The number of allylic oxidation sites excluding steroid dienone is 1. The Morgan fingerprint density at radius 1 is 1.50 bits per heavy atom. The van der Waals surface area contributed by atoms with Gasteiger partial charge in [0.1, 0.15) is 0 Å². The number of carbonyl (C=O) groups is 1. The zero-order valence-corrected chi connectivity index (χ0v) is 9.79. The van der Waals surface area contributed by atoms with E-state index in [9.17, 15) is 4.79 Å². The van der Waals surface area contributed by atoms with E-state index in [1.807, 2.05) is 32.1 Å². The number of nitrogens with one attached hydrogen (secondary N) is 1. The standard InChI is InChI=1S/C13H18N2O/c1-3-4-5-8-15-13(16)11-9-10(2)6-7-12(11)14/h3-4,6-7,9H,5,8,14H2,1-2H3,(H,15,16)/b4-3+. The SMILES string of the molecule is C/C=C/CCNC(=O)c1cc(C)ccc1N. The second-order valence-corrected chi connectivity index (χ2v) is 3.70. The summed E-state index contributed by atoms with van der Waals surface area (Å²) in [7, 11) is 0. The second kappa shape index (κ2) is 5.95. The Bertz CT molecular complexity index is 397. The number of rotatable bonds is 4. The minimum atomic E-state index is -0.106. The Kier molecular flexibility index (Phi) is 4.58. The Labute approximate surface area is 96.3 Å². The quantitative estimate of drug-likeness (QED) is 0.463. The monoisotopic (exact) mass is 218 g/mol. The van der Waals surface area contributed by atoms with Gasteiger partial charge in [0, 0.05) is 12.2 Å². The minimum absolute atomic E-state index is 0.106. The van der Waals surface area contributed by atoms with E-state index in [2.05, 4.69) is 5.32 Å². The lowest BCUT2D eigenvalue weighted by atomic mass is 10.1. The largest absolute Gasteiger partial charge is 0.398 e. The van der Waals surface area contributed by atoms with Crippen molar-refractivity contribution in [3.05, 3.63) is 41.5 Å². The number of carbonyl (C=O) groups excluding carboxylic acids is 1. The molecule has 0 bridgehead atoms. The van der Waals surface area contributed by atoms with Gasteiger partial charge >= 0.3 is 0 Å². The number of hydrogen-bond donors (Lipinski definition) is 2. The maximum absolute atomic E-state index is 11.8. The van der Waals surface area contributed by atoms with Crippen LogP contribution in [-0.2, 0) is 0 Å². The first-order chi connectivity index (χ1) is 7.65. The van der Waals surface area contributed by atoms with Crippen LogP contribution in [0.5, 0.6) is 0 Å². The van der Waals surface area contributed by atoms with E-state index in [0.717, 1.165) is 12.0 Å². The van der Waals surface area contributed by atoms with Crippen molar-refractivity contribution in [3.63, 3.8) is 0 Å². The predicted octanol–water partition coefficient (Wildman–Crippen LogP) is 2.27. The van der Waals surface area contributed by atoms with E-state index in [1.54, 1.807) is 12.1 Å². The number of anilines is 1. The van der Waals surface area contributed by atoms with E-state index in [1.165, 1.54) is 0 Å². The van der Waals surface area contributed by atoms with Crippen molar-refractivity contribution in [1.82, 2.24) is 5.32 Å². The van der Waals surface area contributed by atoms with E-state index in [0.29, 0.717) is 17.8 Å². The molecule has 1 rings (SSSR count). The molecule has 0 aliphatic heterocycles. The van der Waals surface area contributed by atoms with Gasteiger partial charge in [-0.1, -0.05) is 23.8 Å². The molecule has 0 saturated heterocycles. The molecule has 3 heteroatoms. The zero-order chi connectivity index (χ0) is 12.0. The van der Waals surface area contributed by atoms with Gasteiger partial charge in [0.2, 0.25) is 0 Å². The molecule has 3 nitrogen and oxygen atoms in total. The zero-order valence-electron chi connectivity index (χ0n) is 9.79. The van der Waals surface area contributed by atoms with Crippen LogP contribution in [0, 0.1) is 6.92 Å². The Balaban J connectivity index is 2.62. The van der Waals surface area contributed by atoms with Crippen LogP contribution in [0.1, 0.15) is 29.3 Å². The Morgan fingerprint density at radius 3 is 2.94 bits per heavy atom. The number of amides is 1. The predicted molar refractivity (Wildman–Crippen MR) is 67.4 cm³/mol. The van der Waals surface area contributed by atoms with Gasteiger partial charge in [-0.05, 0) is 32.4 Å². The first-order valence-electron chi connectivity index (χ1n) is 5.40. The van der Waals surface area contributed by atoms with Gasteiger partial charge in [-0.3, -0.25) is 4.79 Å². The highest BCUT2D eigenvalue weighted by atomic mass is 16.1. The lowest BCUT2D eigenvalue weighted by Gasteiger charge is -2.07. The average molecular weight is 218 g/mol. The highest BCUT2D eigenvalue weighted by Gasteiger charge is 2.08. The van der Waals surface area contributed by atoms with Crippen molar-refractivity contribution in [2.24, 2.45) is 0 Å². The van der Waals surface area contributed by atoms with Gasteiger partial charge in [0.05, 0.1) is 5.56 Å². The van der Waals surface area contributed by atoms with E-state index >= 15 is 0 Å². The normalized spacial score (nSPS) is 10.6. The molecule has 0 fully saturated rings. The van der Waals surface area contributed by atoms with Crippen molar-refractivity contribution < 1.29 is 4.79 Å². The highest BCUT2D eigenvalue weighted by molar-refractivity contribution is 5.99. The smallest absolute Gasteiger partial charge is 0.253 e. The number of nitrogen functional groups attached to an aromatic ring is 1. The molecular formula is C13H18N2O. The molecule has 0 radical (unpaired) electrons. The number of aryl methyl sites for hydroxylation is 1. The first-order valence-corrected chi connectivity index (χ1v) is 5.40. The summed E-state index contributed by atoms with van der Waals surface area (Å²) >= 11 is 0. The van der Waals surface area contributed by atoms with Crippen LogP contribution < -0.4 is 11.1 Å². The fourth-order valence-electron chi connectivity index (χ4n) is 1.40. The maximum Gasteiger partial charge on any atom is 0.253 e. The van der Waals surface area contributed by atoms with E-state index < -0.39 is 0 Å². The van der Waals surface area contributed by atoms with Crippen molar-refractivity contribution >= 4 is 11.6 Å². The molecule has 3 N–H and O–H groups in total. The van der Waals surface area contributed by atoms with Gasteiger partial charge in [-0.15, -0.1) is 0 Å². The first kappa shape index (κ1) is 12.3.